The summed E-state index contributed by atoms with van der Waals surface area (Å²) in [5.41, 5.74) is 6.41. The highest BCUT2D eigenvalue weighted by Crippen LogP contribution is 2.41. The van der Waals surface area contributed by atoms with Crippen molar-refractivity contribution in [3.05, 3.63) is 97.1 Å². The van der Waals surface area contributed by atoms with Gasteiger partial charge in [-0.3, -0.25) is 0 Å². The Balaban J connectivity index is 1.66. The van der Waals surface area contributed by atoms with Crippen LogP contribution >= 0.6 is 0 Å². The molecule has 0 amide bonds. The van der Waals surface area contributed by atoms with Crippen molar-refractivity contribution in [3.8, 4) is 11.1 Å². The second-order valence-electron chi connectivity index (χ2n) is 8.67. The molecule has 2 nitrogen and oxygen atoms in total. The molecule has 0 spiro atoms. The van der Waals surface area contributed by atoms with E-state index in [0.717, 1.165) is 33.3 Å². The van der Waals surface area contributed by atoms with Crippen molar-refractivity contribution < 1.29 is 4.42 Å². The number of nitrogens with zero attached hydrogens (tertiary/aromatic N) is 1. The highest BCUT2D eigenvalue weighted by molar-refractivity contribution is 6.09. The van der Waals surface area contributed by atoms with Gasteiger partial charge >= 0.3 is 0 Å². The number of hydrogen-bond donors (Lipinski definition) is 0. The summed E-state index contributed by atoms with van der Waals surface area (Å²) in [6, 6.07) is 34.0. The van der Waals surface area contributed by atoms with Crippen molar-refractivity contribution in [2.45, 2.75) is 26.3 Å². The van der Waals surface area contributed by atoms with Crippen LogP contribution in [0.3, 0.4) is 0 Å². The average molecular weight is 392 g/mol. The minimum atomic E-state index is -0.123. The van der Waals surface area contributed by atoms with E-state index in [1.807, 2.05) is 18.2 Å². The smallest absolute Gasteiger partial charge is 0.159 e. The second-order valence-corrected chi connectivity index (χ2v) is 8.67. The van der Waals surface area contributed by atoms with E-state index in [9.17, 15) is 0 Å². The Hall–Kier alpha value is -3.52. The van der Waals surface area contributed by atoms with Gasteiger partial charge < -0.3 is 9.32 Å². The maximum atomic E-state index is 6.33. The van der Waals surface area contributed by atoms with E-state index in [0.29, 0.717) is 0 Å². The maximum Gasteiger partial charge on any atom is 0.159 e. The van der Waals surface area contributed by atoms with Crippen LogP contribution in [0.5, 0.6) is 0 Å². The quantitative estimate of drug-likeness (QED) is 0.308. The zero-order valence-electron chi connectivity index (χ0n) is 17.6. The molecule has 0 fully saturated rings. The van der Waals surface area contributed by atoms with Gasteiger partial charge in [-0.1, -0.05) is 72.8 Å². The van der Waals surface area contributed by atoms with Gasteiger partial charge in [0.1, 0.15) is 5.58 Å². The van der Waals surface area contributed by atoms with Gasteiger partial charge in [0.25, 0.3) is 0 Å². The van der Waals surface area contributed by atoms with Crippen molar-refractivity contribution in [2.24, 2.45) is 0 Å². The summed E-state index contributed by atoms with van der Waals surface area (Å²) >= 11 is 0. The van der Waals surface area contributed by atoms with Gasteiger partial charge in [0.2, 0.25) is 0 Å². The van der Waals surface area contributed by atoms with Gasteiger partial charge in [-0.25, -0.2) is 0 Å². The summed E-state index contributed by atoms with van der Waals surface area (Å²) in [6.45, 7) is 6.71. The van der Waals surface area contributed by atoms with Gasteiger partial charge in [-0.2, -0.15) is 0 Å². The first-order chi connectivity index (χ1) is 14.5. The number of rotatable bonds is 3. The highest BCUT2D eigenvalue weighted by Gasteiger charge is 2.26. The molecular weight excluding hydrogens is 366 g/mol. The van der Waals surface area contributed by atoms with Crippen molar-refractivity contribution in [3.63, 3.8) is 0 Å². The molecule has 0 radical (unpaired) electrons. The molecule has 0 unspecified atom stereocenters. The molecule has 0 aliphatic heterocycles. The minimum absolute atomic E-state index is 0.123. The highest BCUT2D eigenvalue weighted by atomic mass is 16.3. The Kier molecular flexibility index (Phi) is 4.36. The van der Waals surface area contributed by atoms with Crippen molar-refractivity contribution in [1.29, 1.82) is 0 Å². The minimum Gasteiger partial charge on any atom is -0.454 e. The van der Waals surface area contributed by atoms with Crippen LogP contribution in [0.1, 0.15) is 20.8 Å². The van der Waals surface area contributed by atoms with Gasteiger partial charge in [-0.05, 0) is 56.2 Å². The van der Waals surface area contributed by atoms with E-state index in [1.165, 1.54) is 11.1 Å². The number of benzene rings is 4. The summed E-state index contributed by atoms with van der Waals surface area (Å²) < 4.78 is 6.33. The Morgan fingerprint density at radius 3 is 1.97 bits per heavy atom. The molecule has 0 bridgehead atoms. The lowest BCUT2D eigenvalue weighted by molar-refractivity contribution is 0.557. The molecule has 0 N–H and O–H groups in total. The molecule has 0 saturated heterocycles. The number of hydrogen-bond acceptors (Lipinski definition) is 2. The third-order valence-electron chi connectivity index (χ3n) is 5.53. The molecule has 5 rings (SSSR count). The first kappa shape index (κ1) is 18.5. The number of anilines is 2. The maximum absolute atomic E-state index is 6.33. The van der Waals surface area contributed by atoms with E-state index in [4.69, 9.17) is 4.42 Å². The van der Waals surface area contributed by atoms with Crippen molar-refractivity contribution in [2.75, 3.05) is 4.90 Å². The topological polar surface area (TPSA) is 16.4 Å². The molecule has 0 aliphatic carbocycles. The van der Waals surface area contributed by atoms with E-state index < -0.39 is 0 Å². The van der Waals surface area contributed by atoms with Crippen LogP contribution in [0.25, 0.3) is 33.1 Å². The monoisotopic (exact) mass is 391 g/mol. The molecule has 0 atom stereocenters. The van der Waals surface area contributed by atoms with Gasteiger partial charge in [0.05, 0.1) is 5.69 Å². The molecule has 0 saturated carbocycles. The summed E-state index contributed by atoms with van der Waals surface area (Å²) in [5.74, 6) is 0. The Morgan fingerprint density at radius 1 is 0.600 bits per heavy atom. The fraction of sp³-hybridized carbons (Fsp3) is 0.143. The largest absolute Gasteiger partial charge is 0.454 e. The van der Waals surface area contributed by atoms with Crippen LogP contribution in [-0.2, 0) is 0 Å². The predicted molar refractivity (Wildman–Crippen MR) is 127 cm³/mol. The van der Waals surface area contributed by atoms with Crippen LogP contribution in [0.4, 0.5) is 11.4 Å². The zero-order chi connectivity index (χ0) is 20.7. The molecule has 2 heteroatoms. The Bertz CT molecular complexity index is 1310. The zero-order valence-corrected chi connectivity index (χ0v) is 17.6. The summed E-state index contributed by atoms with van der Waals surface area (Å²) in [5, 5.41) is 2.31. The normalized spacial score (nSPS) is 11.8. The SMILES string of the molecule is CC(C)(C)N(c1ccc(-c2ccccc2)cc1)c1cccc2c1oc1ccccc12. The fourth-order valence-corrected chi connectivity index (χ4v) is 4.23. The first-order valence-electron chi connectivity index (χ1n) is 10.4. The van der Waals surface area contributed by atoms with Crippen LogP contribution in [0, 0.1) is 0 Å². The lowest BCUT2D eigenvalue weighted by Crippen LogP contribution is -2.37. The summed E-state index contributed by atoms with van der Waals surface area (Å²) in [6.07, 6.45) is 0. The molecule has 5 aromatic rings. The van der Waals surface area contributed by atoms with Crippen LogP contribution in [0.2, 0.25) is 0 Å². The molecule has 148 valence electrons. The molecule has 1 aromatic heterocycles. The van der Waals surface area contributed by atoms with Crippen LogP contribution < -0.4 is 4.90 Å². The van der Waals surface area contributed by atoms with E-state index in [2.05, 4.69) is 105 Å². The molecule has 4 aromatic carbocycles. The number of para-hydroxylation sites is 2. The lowest BCUT2D eigenvalue weighted by atomic mass is 10.00. The van der Waals surface area contributed by atoms with Crippen molar-refractivity contribution >= 4 is 33.3 Å². The van der Waals surface area contributed by atoms with Crippen molar-refractivity contribution in [1.82, 2.24) is 0 Å². The van der Waals surface area contributed by atoms with E-state index >= 15 is 0 Å². The predicted octanol–water partition coefficient (Wildman–Crippen LogP) is 8.19. The number of fused-ring (bicyclic) bond motifs is 3. The average Bonchev–Trinajstić information content (AvgIpc) is 3.14. The Labute approximate surface area is 177 Å². The first-order valence-corrected chi connectivity index (χ1v) is 10.4. The molecular formula is C28H25NO. The van der Waals surface area contributed by atoms with E-state index in [1.54, 1.807) is 0 Å². The number of furan rings is 1. The standard InChI is InChI=1S/C28H25NO/c1-28(2,3)29(22-18-16-21(17-19-22)20-10-5-4-6-11-20)25-14-9-13-24-23-12-7-8-15-26(23)30-27(24)25/h4-19H,1-3H3. The molecule has 0 aliphatic rings. The lowest BCUT2D eigenvalue weighted by Gasteiger charge is -2.37. The van der Waals surface area contributed by atoms with Gasteiger partial charge in [0.15, 0.2) is 5.58 Å². The fourth-order valence-electron chi connectivity index (χ4n) is 4.23. The summed E-state index contributed by atoms with van der Waals surface area (Å²) in [7, 11) is 0. The second kappa shape index (κ2) is 7.07. The van der Waals surface area contributed by atoms with Crippen LogP contribution in [-0.4, -0.2) is 5.54 Å². The third kappa shape index (κ3) is 3.15. The van der Waals surface area contributed by atoms with Crippen LogP contribution in [0.15, 0.2) is 101 Å². The molecule has 1 heterocycles. The Morgan fingerprint density at radius 2 is 1.23 bits per heavy atom. The molecule has 30 heavy (non-hydrogen) atoms. The van der Waals surface area contributed by atoms with Gasteiger partial charge in [-0.15, -0.1) is 0 Å². The van der Waals surface area contributed by atoms with E-state index in [-0.39, 0.29) is 5.54 Å². The van der Waals surface area contributed by atoms with Gasteiger partial charge in [0, 0.05) is 22.0 Å². The third-order valence-corrected chi connectivity index (χ3v) is 5.53. The summed E-state index contributed by atoms with van der Waals surface area (Å²) in [4.78, 5) is 2.37.